The Morgan fingerprint density at radius 2 is 2.05 bits per heavy atom. The molecule has 0 saturated carbocycles. The van der Waals surface area contributed by atoms with Crippen molar-refractivity contribution in [3.8, 4) is 0 Å². The molecule has 2 aromatic carbocycles. The number of nitrogens with one attached hydrogen (secondary N) is 2. The van der Waals surface area contributed by atoms with Crippen molar-refractivity contribution in [2.75, 3.05) is 5.32 Å². The standard InChI is InChI=1S/C15H12ClFN2/c16-11-4-5-14-10(9-19-15(14)6-11)8-18-13-3-1-2-12(17)7-13/h1-7,9,18-19H,8H2. The zero-order valence-electron chi connectivity index (χ0n) is 10.1. The van der Waals surface area contributed by atoms with Gasteiger partial charge in [0.1, 0.15) is 5.82 Å². The zero-order valence-corrected chi connectivity index (χ0v) is 10.8. The fourth-order valence-electron chi connectivity index (χ4n) is 2.10. The molecule has 0 saturated heterocycles. The van der Waals surface area contributed by atoms with Crippen molar-refractivity contribution < 1.29 is 4.39 Å². The van der Waals surface area contributed by atoms with Gasteiger partial charge in [0.05, 0.1) is 0 Å². The summed E-state index contributed by atoms with van der Waals surface area (Å²) in [6.45, 7) is 0.630. The van der Waals surface area contributed by atoms with E-state index in [0.717, 1.165) is 22.2 Å². The minimum atomic E-state index is -0.240. The van der Waals surface area contributed by atoms with Crippen LogP contribution in [0.5, 0.6) is 0 Å². The van der Waals surface area contributed by atoms with E-state index in [2.05, 4.69) is 10.3 Å². The van der Waals surface area contributed by atoms with E-state index >= 15 is 0 Å². The first-order valence-corrected chi connectivity index (χ1v) is 6.35. The van der Waals surface area contributed by atoms with Crippen LogP contribution in [0, 0.1) is 5.82 Å². The van der Waals surface area contributed by atoms with Gasteiger partial charge in [-0.25, -0.2) is 4.39 Å². The molecular formula is C15H12ClFN2. The van der Waals surface area contributed by atoms with Crippen LogP contribution in [-0.4, -0.2) is 4.98 Å². The van der Waals surface area contributed by atoms with Gasteiger partial charge in [0, 0.05) is 34.4 Å². The molecule has 0 fully saturated rings. The molecule has 3 rings (SSSR count). The van der Waals surface area contributed by atoms with E-state index in [-0.39, 0.29) is 5.82 Å². The lowest BCUT2D eigenvalue weighted by Gasteiger charge is -2.05. The molecule has 0 unspecified atom stereocenters. The molecule has 0 amide bonds. The molecule has 96 valence electrons. The molecule has 3 aromatic rings. The Morgan fingerprint density at radius 1 is 1.16 bits per heavy atom. The number of hydrogen-bond acceptors (Lipinski definition) is 1. The van der Waals surface area contributed by atoms with Crippen molar-refractivity contribution in [2.45, 2.75) is 6.54 Å². The molecule has 0 atom stereocenters. The van der Waals surface area contributed by atoms with Crippen molar-refractivity contribution in [1.29, 1.82) is 0 Å². The number of anilines is 1. The van der Waals surface area contributed by atoms with Crippen LogP contribution in [-0.2, 0) is 6.54 Å². The smallest absolute Gasteiger partial charge is 0.125 e. The maximum absolute atomic E-state index is 13.1. The van der Waals surface area contributed by atoms with Gasteiger partial charge in [-0.3, -0.25) is 0 Å². The largest absolute Gasteiger partial charge is 0.381 e. The third kappa shape index (κ3) is 2.56. The quantitative estimate of drug-likeness (QED) is 0.719. The van der Waals surface area contributed by atoms with Crippen molar-refractivity contribution in [1.82, 2.24) is 4.98 Å². The lowest BCUT2D eigenvalue weighted by molar-refractivity contribution is 0.628. The van der Waals surface area contributed by atoms with Crippen LogP contribution in [0.25, 0.3) is 10.9 Å². The Hall–Kier alpha value is -2.00. The molecule has 1 heterocycles. The zero-order chi connectivity index (χ0) is 13.2. The van der Waals surface area contributed by atoms with Crippen LogP contribution in [0.3, 0.4) is 0 Å². The molecule has 0 aliphatic heterocycles. The number of H-pyrrole nitrogens is 1. The molecule has 2 N–H and O–H groups in total. The average molecular weight is 275 g/mol. The maximum atomic E-state index is 13.1. The Labute approximate surface area is 115 Å². The van der Waals surface area contributed by atoms with Gasteiger partial charge in [0.2, 0.25) is 0 Å². The number of rotatable bonds is 3. The number of fused-ring (bicyclic) bond motifs is 1. The van der Waals surface area contributed by atoms with Crippen LogP contribution in [0.4, 0.5) is 10.1 Å². The summed E-state index contributed by atoms with van der Waals surface area (Å²) in [7, 11) is 0. The van der Waals surface area contributed by atoms with Gasteiger partial charge in [-0.2, -0.15) is 0 Å². The first-order chi connectivity index (χ1) is 9.22. The highest BCUT2D eigenvalue weighted by molar-refractivity contribution is 6.31. The van der Waals surface area contributed by atoms with Crippen molar-refractivity contribution in [3.05, 3.63) is 65.1 Å². The fourth-order valence-corrected chi connectivity index (χ4v) is 2.27. The summed E-state index contributed by atoms with van der Waals surface area (Å²) in [5.41, 5.74) is 2.89. The van der Waals surface area contributed by atoms with E-state index in [1.807, 2.05) is 30.5 Å². The van der Waals surface area contributed by atoms with Gasteiger partial charge in [0.25, 0.3) is 0 Å². The Balaban J connectivity index is 1.82. The van der Waals surface area contributed by atoms with E-state index in [9.17, 15) is 4.39 Å². The second-order valence-electron chi connectivity index (χ2n) is 4.37. The van der Waals surface area contributed by atoms with E-state index in [1.54, 1.807) is 6.07 Å². The lowest BCUT2D eigenvalue weighted by atomic mass is 10.1. The van der Waals surface area contributed by atoms with E-state index in [1.165, 1.54) is 12.1 Å². The predicted octanol–water partition coefficient (Wildman–Crippen LogP) is 4.57. The third-order valence-corrected chi connectivity index (χ3v) is 3.27. The number of hydrogen-bond donors (Lipinski definition) is 2. The van der Waals surface area contributed by atoms with Crippen molar-refractivity contribution in [2.24, 2.45) is 0 Å². The molecule has 0 spiro atoms. The molecule has 0 radical (unpaired) electrons. The molecule has 0 aliphatic rings. The van der Waals surface area contributed by atoms with Gasteiger partial charge < -0.3 is 10.3 Å². The SMILES string of the molecule is Fc1cccc(NCc2c[nH]c3cc(Cl)ccc23)c1. The molecule has 0 aliphatic carbocycles. The summed E-state index contributed by atoms with van der Waals surface area (Å²) in [4.78, 5) is 3.18. The predicted molar refractivity (Wildman–Crippen MR) is 77.0 cm³/mol. The minimum Gasteiger partial charge on any atom is -0.381 e. The summed E-state index contributed by atoms with van der Waals surface area (Å²) < 4.78 is 13.1. The van der Waals surface area contributed by atoms with Gasteiger partial charge in [-0.15, -0.1) is 0 Å². The molecule has 0 bridgehead atoms. The highest BCUT2D eigenvalue weighted by Gasteiger charge is 2.04. The van der Waals surface area contributed by atoms with Crippen LogP contribution >= 0.6 is 11.6 Å². The monoisotopic (exact) mass is 274 g/mol. The normalized spacial score (nSPS) is 10.8. The highest BCUT2D eigenvalue weighted by atomic mass is 35.5. The Kier molecular flexibility index (Phi) is 3.13. The summed E-state index contributed by atoms with van der Waals surface area (Å²) in [5, 5.41) is 5.03. The molecule has 1 aromatic heterocycles. The van der Waals surface area contributed by atoms with E-state index < -0.39 is 0 Å². The highest BCUT2D eigenvalue weighted by Crippen LogP contribution is 2.22. The second-order valence-corrected chi connectivity index (χ2v) is 4.80. The first-order valence-electron chi connectivity index (χ1n) is 5.97. The molecule has 4 heteroatoms. The summed E-state index contributed by atoms with van der Waals surface area (Å²) in [5.74, 6) is -0.240. The van der Waals surface area contributed by atoms with Crippen molar-refractivity contribution in [3.63, 3.8) is 0 Å². The van der Waals surface area contributed by atoms with Crippen LogP contribution in [0.1, 0.15) is 5.56 Å². The summed E-state index contributed by atoms with van der Waals surface area (Å²) in [6.07, 6.45) is 1.94. The average Bonchev–Trinajstić information content (AvgIpc) is 2.78. The molecule has 19 heavy (non-hydrogen) atoms. The van der Waals surface area contributed by atoms with Crippen LogP contribution < -0.4 is 5.32 Å². The number of aromatic amines is 1. The Morgan fingerprint density at radius 3 is 2.89 bits per heavy atom. The maximum Gasteiger partial charge on any atom is 0.125 e. The van der Waals surface area contributed by atoms with Gasteiger partial charge in [0.15, 0.2) is 0 Å². The Bertz CT molecular complexity index is 721. The lowest BCUT2D eigenvalue weighted by Crippen LogP contribution is -1.98. The van der Waals surface area contributed by atoms with Crippen molar-refractivity contribution >= 4 is 28.2 Å². The van der Waals surface area contributed by atoms with Gasteiger partial charge in [-0.05, 0) is 35.9 Å². The fraction of sp³-hybridized carbons (Fsp3) is 0.0667. The summed E-state index contributed by atoms with van der Waals surface area (Å²) >= 11 is 5.94. The molecular weight excluding hydrogens is 263 g/mol. The second kappa shape index (κ2) is 4.94. The van der Waals surface area contributed by atoms with E-state index in [0.29, 0.717) is 11.6 Å². The van der Waals surface area contributed by atoms with Gasteiger partial charge in [-0.1, -0.05) is 23.7 Å². The topological polar surface area (TPSA) is 27.8 Å². The number of halogens is 2. The first kappa shape index (κ1) is 12.1. The van der Waals surface area contributed by atoms with Crippen LogP contribution in [0.2, 0.25) is 5.02 Å². The number of benzene rings is 2. The van der Waals surface area contributed by atoms with E-state index in [4.69, 9.17) is 11.6 Å². The minimum absolute atomic E-state index is 0.240. The summed E-state index contributed by atoms with van der Waals surface area (Å²) in [6, 6.07) is 12.2. The third-order valence-electron chi connectivity index (χ3n) is 3.04. The number of aromatic nitrogens is 1. The van der Waals surface area contributed by atoms with Gasteiger partial charge >= 0.3 is 0 Å². The van der Waals surface area contributed by atoms with Crippen LogP contribution in [0.15, 0.2) is 48.7 Å². The molecule has 2 nitrogen and oxygen atoms in total.